The van der Waals surface area contributed by atoms with Crippen molar-refractivity contribution >= 4 is 32.4 Å². The van der Waals surface area contributed by atoms with Crippen LogP contribution in [0.1, 0.15) is 48.0 Å². The van der Waals surface area contributed by atoms with Crippen molar-refractivity contribution in [3.63, 3.8) is 0 Å². The third kappa shape index (κ3) is 11.5. The number of halogens is 1. The number of unbranched alkanes of at least 4 members (excludes halogenated alkanes) is 2. The molecule has 1 saturated heterocycles. The quantitative estimate of drug-likeness (QED) is 0.0983. The topological polar surface area (TPSA) is 170 Å². The zero-order chi connectivity index (χ0) is 31.1. The third-order valence-corrected chi connectivity index (χ3v) is 6.82. The maximum atomic E-state index is 11.8. The highest BCUT2D eigenvalue weighted by Gasteiger charge is 2.35. The highest BCUT2D eigenvalue weighted by atomic mass is 127. The minimum Gasteiger partial charge on any atom is -0.496 e. The highest BCUT2D eigenvalue weighted by molar-refractivity contribution is 14.1. The van der Waals surface area contributed by atoms with Crippen molar-refractivity contribution < 1.29 is 58.4 Å². The van der Waals surface area contributed by atoms with Crippen LogP contribution in [0.4, 0.5) is 0 Å². The number of ether oxygens (including phenoxy) is 6. The van der Waals surface area contributed by atoms with Crippen LogP contribution in [0.2, 0.25) is 0 Å². The molecule has 1 heterocycles. The van der Waals surface area contributed by atoms with E-state index in [-0.39, 0.29) is 16.2 Å². The fourth-order valence-electron chi connectivity index (χ4n) is 3.95. The first-order valence-electron chi connectivity index (χ1n) is 13.3. The summed E-state index contributed by atoms with van der Waals surface area (Å²) in [6.07, 6.45) is -1.14. The molecule has 4 atom stereocenters. The van der Waals surface area contributed by atoms with Crippen LogP contribution in [0.15, 0.2) is 36.4 Å². The first-order chi connectivity index (χ1) is 20.1. The average Bonchev–Trinajstić information content (AvgIpc) is 2.99. The van der Waals surface area contributed by atoms with Gasteiger partial charge in [-0.25, -0.2) is 0 Å². The van der Waals surface area contributed by atoms with E-state index in [9.17, 15) is 9.59 Å². The maximum absolute atomic E-state index is 11.8. The smallest absolute Gasteiger partial charge is 0.305 e. The van der Waals surface area contributed by atoms with Crippen molar-refractivity contribution in [3.8, 4) is 23.0 Å². The summed E-state index contributed by atoms with van der Waals surface area (Å²) in [6, 6.07) is 10.9. The van der Waals surface area contributed by atoms with E-state index in [1.807, 2.05) is 24.3 Å². The van der Waals surface area contributed by atoms with E-state index < -0.39 is 31.2 Å². The Morgan fingerprint density at radius 1 is 0.952 bits per heavy atom. The van der Waals surface area contributed by atoms with Gasteiger partial charge in [0.1, 0.15) is 30.3 Å². The zero-order valence-corrected chi connectivity index (χ0v) is 26.0. The van der Waals surface area contributed by atoms with Crippen molar-refractivity contribution in [1.82, 2.24) is 0 Å². The fraction of sp³-hybridized carbons (Fsp3) is 0.517. The van der Waals surface area contributed by atoms with Crippen LogP contribution in [0.5, 0.6) is 23.0 Å². The Labute approximate surface area is 258 Å². The van der Waals surface area contributed by atoms with Crippen LogP contribution in [0.3, 0.4) is 0 Å². The summed E-state index contributed by atoms with van der Waals surface area (Å²) in [5.41, 5.74) is 1.35. The molecule has 1 fully saturated rings. The van der Waals surface area contributed by atoms with Gasteiger partial charge in [0.15, 0.2) is 17.8 Å². The summed E-state index contributed by atoms with van der Waals surface area (Å²) in [5, 5.41) is 35.6. The van der Waals surface area contributed by atoms with E-state index in [0.29, 0.717) is 42.4 Å². The van der Waals surface area contributed by atoms with Gasteiger partial charge in [0.05, 0.1) is 46.2 Å². The molecule has 4 N–H and O–H groups in total. The van der Waals surface area contributed by atoms with Crippen molar-refractivity contribution in [2.45, 2.75) is 63.3 Å². The number of rotatable bonds is 14. The molecule has 234 valence electrons. The van der Waals surface area contributed by atoms with Crippen LogP contribution in [-0.4, -0.2) is 89.3 Å². The van der Waals surface area contributed by atoms with Gasteiger partial charge in [0.25, 0.3) is 0 Å². The molecule has 0 aliphatic carbocycles. The lowest BCUT2D eigenvalue weighted by molar-refractivity contribution is -0.239. The number of hydrogen-bond acceptors (Lipinski definition) is 12. The standard InChI is InChI=1S/C23H27IO7.C6H12O5/c1-27-19-14-21(20(28-2)13-18(19)23(24)26)31-15-16-8-7-9-17(12-16)30-11-6-4-5-10-22(25)29-3;7-2-4-6(10)3(8)1-5(9)11-4/h7-9,12-14H,4-6,10-11,15H2,1-3H3;3-10H,1-2H2/t;3-,4-,5+,6+/m.1/s1. The molecule has 1 aliphatic heterocycles. The van der Waals surface area contributed by atoms with Gasteiger partial charge < -0.3 is 48.8 Å². The predicted molar refractivity (Wildman–Crippen MR) is 159 cm³/mol. The SMILES string of the molecule is COC(=O)CCCCCOc1cccc(COc2cc(OC)c(C(=O)I)cc2OC)c1.OC[C@H]1O[C@H](O)C[C@@H](O)[C@@H]1O. The Balaban J connectivity index is 0.000000468. The van der Waals surface area contributed by atoms with Crippen LogP contribution in [-0.2, 0) is 20.9 Å². The first-order valence-corrected chi connectivity index (χ1v) is 14.4. The summed E-state index contributed by atoms with van der Waals surface area (Å²) < 4.78 is 31.6. The summed E-state index contributed by atoms with van der Waals surface area (Å²) in [7, 11) is 4.43. The Morgan fingerprint density at radius 3 is 2.33 bits per heavy atom. The second-order valence-electron chi connectivity index (χ2n) is 9.25. The van der Waals surface area contributed by atoms with Gasteiger partial charge in [-0.3, -0.25) is 9.59 Å². The largest absolute Gasteiger partial charge is 0.496 e. The molecule has 0 amide bonds. The van der Waals surface area contributed by atoms with Gasteiger partial charge in [-0.1, -0.05) is 12.1 Å². The van der Waals surface area contributed by atoms with Gasteiger partial charge in [-0.2, -0.15) is 0 Å². The minimum atomic E-state index is -1.11. The van der Waals surface area contributed by atoms with Crippen molar-refractivity contribution in [3.05, 3.63) is 47.5 Å². The number of carbonyl (C=O) groups excluding carboxylic acids is 2. The van der Waals surface area contributed by atoms with Gasteiger partial charge in [0.2, 0.25) is 3.79 Å². The first kappa shape index (κ1) is 35.5. The van der Waals surface area contributed by atoms with Gasteiger partial charge in [-0.05, 0) is 43.0 Å². The molecule has 42 heavy (non-hydrogen) atoms. The maximum Gasteiger partial charge on any atom is 0.305 e. The Hall–Kier alpha value is -2.69. The zero-order valence-electron chi connectivity index (χ0n) is 23.9. The van der Waals surface area contributed by atoms with Gasteiger partial charge in [0, 0.05) is 41.5 Å². The van der Waals surface area contributed by atoms with Crippen LogP contribution in [0.25, 0.3) is 0 Å². The molecule has 13 heteroatoms. The molecule has 3 rings (SSSR count). The molecule has 0 unspecified atom stereocenters. The molecule has 2 aromatic carbocycles. The van der Waals surface area contributed by atoms with E-state index in [0.717, 1.165) is 30.6 Å². The van der Waals surface area contributed by atoms with Crippen molar-refractivity contribution in [2.24, 2.45) is 0 Å². The van der Waals surface area contributed by atoms with Gasteiger partial charge >= 0.3 is 5.97 Å². The third-order valence-electron chi connectivity index (χ3n) is 6.24. The number of hydrogen-bond donors (Lipinski definition) is 4. The molecule has 0 spiro atoms. The lowest BCUT2D eigenvalue weighted by Gasteiger charge is -2.33. The van der Waals surface area contributed by atoms with E-state index in [4.69, 9.17) is 44.1 Å². The fourth-order valence-corrected chi connectivity index (χ4v) is 4.37. The van der Waals surface area contributed by atoms with E-state index in [1.54, 1.807) is 34.7 Å². The molecule has 1 aliphatic rings. The molecule has 0 bridgehead atoms. The lowest BCUT2D eigenvalue weighted by atomic mass is 10.0. The Bertz CT molecular complexity index is 1130. The molecular formula is C29H39IO12. The average molecular weight is 707 g/mol. The summed E-state index contributed by atoms with van der Waals surface area (Å²) in [5.74, 6) is 1.94. The molecule has 2 aromatic rings. The Morgan fingerprint density at radius 2 is 1.69 bits per heavy atom. The van der Waals surface area contributed by atoms with E-state index in [1.165, 1.54) is 21.3 Å². The van der Waals surface area contributed by atoms with E-state index >= 15 is 0 Å². The number of aliphatic hydroxyl groups is 4. The molecule has 0 saturated carbocycles. The van der Waals surface area contributed by atoms with Crippen molar-refractivity contribution in [2.75, 3.05) is 34.5 Å². The molecular weight excluding hydrogens is 667 g/mol. The van der Waals surface area contributed by atoms with Crippen LogP contribution < -0.4 is 18.9 Å². The van der Waals surface area contributed by atoms with Crippen LogP contribution in [0, 0.1) is 0 Å². The Kier molecular flexibility index (Phi) is 15.9. The second-order valence-corrected chi connectivity index (χ2v) is 10.2. The van der Waals surface area contributed by atoms with Crippen molar-refractivity contribution in [1.29, 1.82) is 0 Å². The van der Waals surface area contributed by atoms with Crippen LogP contribution >= 0.6 is 22.6 Å². The highest BCUT2D eigenvalue weighted by Crippen LogP contribution is 2.36. The number of benzene rings is 2. The summed E-state index contributed by atoms with van der Waals surface area (Å²) >= 11 is 1.71. The number of carbonyl (C=O) groups is 2. The molecule has 0 aromatic heterocycles. The van der Waals surface area contributed by atoms with E-state index in [2.05, 4.69) is 4.74 Å². The second kappa shape index (κ2) is 18.8. The van der Waals surface area contributed by atoms with Gasteiger partial charge in [-0.15, -0.1) is 0 Å². The number of aliphatic hydroxyl groups excluding tert-OH is 4. The lowest BCUT2D eigenvalue weighted by Crippen LogP contribution is -2.49. The number of methoxy groups -OCH3 is 3. The predicted octanol–water partition coefficient (Wildman–Crippen LogP) is 2.78. The minimum absolute atomic E-state index is 0.0162. The monoisotopic (exact) mass is 706 g/mol. The molecule has 0 radical (unpaired) electrons. The normalized spacial score (nSPS) is 19.6. The molecule has 12 nitrogen and oxygen atoms in total. The summed E-state index contributed by atoms with van der Waals surface area (Å²) in [6.45, 7) is 0.463. The summed E-state index contributed by atoms with van der Waals surface area (Å²) in [4.78, 5) is 22.9. The number of esters is 1.